The number of aliphatic hydroxyl groups is 1. The van der Waals surface area contributed by atoms with Gasteiger partial charge in [0.2, 0.25) is 5.91 Å². The molecule has 2 heterocycles. The molecule has 6 nitrogen and oxygen atoms in total. The number of piperidine rings is 1. The zero-order chi connectivity index (χ0) is 16.8. The fourth-order valence-corrected chi connectivity index (χ4v) is 3.11. The summed E-state index contributed by atoms with van der Waals surface area (Å²) in [5.74, 6) is 0.772. The standard InChI is InChI=1S/C17H30N4O2/c1-12-6-8-21(9-7-12)11-15(22)10-18-17(23)5-4-16-13(2)19-20-14(16)3/h12,15,22H,4-11H2,1-3H3,(H,18,23)(H,19,20). The molecule has 130 valence electrons. The number of H-pyrrole nitrogens is 1. The van der Waals surface area contributed by atoms with Crippen molar-refractivity contribution in [1.29, 1.82) is 0 Å². The number of nitrogens with one attached hydrogen (secondary N) is 2. The van der Waals surface area contributed by atoms with Crippen molar-refractivity contribution in [2.75, 3.05) is 26.2 Å². The van der Waals surface area contributed by atoms with Crippen LogP contribution in [0.5, 0.6) is 0 Å². The molecule has 3 N–H and O–H groups in total. The summed E-state index contributed by atoms with van der Waals surface area (Å²) in [7, 11) is 0. The van der Waals surface area contributed by atoms with Crippen LogP contribution in [-0.4, -0.2) is 58.4 Å². The number of aryl methyl sites for hydroxylation is 2. The van der Waals surface area contributed by atoms with Gasteiger partial charge in [0.15, 0.2) is 0 Å². The summed E-state index contributed by atoms with van der Waals surface area (Å²) in [4.78, 5) is 14.2. The van der Waals surface area contributed by atoms with E-state index in [4.69, 9.17) is 0 Å². The predicted octanol–water partition coefficient (Wildman–Crippen LogP) is 1.17. The molecule has 0 bridgehead atoms. The number of aliphatic hydroxyl groups excluding tert-OH is 1. The zero-order valence-corrected chi connectivity index (χ0v) is 14.6. The number of carbonyl (C=O) groups excluding carboxylic acids is 1. The van der Waals surface area contributed by atoms with E-state index in [2.05, 4.69) is 27.3 Å². The number of likely N-dealkylation sites (tertiary alicyclic amines) is 1. The van der Waals surface area contributed by atoms with Crippen molar-refractivity contribution in [3.05, 3.63) is 17.0 Å². The lowest BCUT2D eigenvalue weighted by atomic mass is 9.99. The van der Waals surface area contributed by atoms with Gasteiger partial charge in [0.25, 0.3) is 0 Å². The highest BCUT2D eigenvalue weighted by atomic mass is 16.3. The molecule has 0 aliphatic carbocycles. The summed E-state index contributed by atoms with van der Waals surface area (Å²) in [6.07, 6.45) is 3.00. The van der Waals surface area contributed by atoms with Crippen LogP contribution in [0.15, 0.2) is 0 Å². The number of aromatic amines is 1. The topological polar surface area (TPSA) is 81.2 Å². The lowest BCUT2D eigenvalue weighted by Gasteiger charge is -2.31. The second kappa shape index (κ2) is 8.45. The molecule has 1 aromatic rings. The maximum absolute atomic E-state index is 11.9. The van der Waals surface area contributed by atoms with E-state index in [0.717, 1.165) is 36.0 Å². The summed E-state index contributed by atoms with van der Waals surface area (Å²) < 4.78 is 0. The molecule has 1 atom stereocenters. The highest BCUT2D eigenvalue weighted by Crippen LogP contribution is 2.16. The molecule has 1 aliphatic rings. The molecule has 23 heavy (non-hydrogen) atoms. The second-order valence-corrected chi connectivity index (χ2v) is 6.85. The molecule has 1 aromatic heterocycles. The second-order valence-electron chi connectivity index (χ2n) is 6.85. The van der Waals surface area contributed by atoms with Crippen molar-refractivity contribution in [2.45, 2.75) is 52.6 Å². The third-order valence-corrected chi connectivity index (χ3v) is 4.76. The van der Waals surface area contributed by atoms with Gasteiger partial charge in [-0.25, -0.2) is 0 Å². The first kappa shape index (κ1) is 17.9. The summed E-state index contributed by atoms with van der Waals surface area (Å²) >= 11 is 0. The third-order valence-electron chi connectivity index (χ3n) is 4.76. The molecule has 1 amide bonds. The molecule has 1 unspecified atom stereocenters. The van der Waals surface area contributed by atoms with Crippen molar-refractivity contribution >= 4 is 5.91 Å². The van der Waals surface area contributed by atoms with Crippen LogP contribution in [-0.2, 0) is 11.2 Å². The average Bonchev–Trinajstić information content (AvgIpc) is 2.84. The Morgan fingerprint density at radius 1 is 1.43 bits per heavy atom. The number of amides is 1. The maximum atomic E-state index is 11.9. The van der Waals surface area contributed by atoms with E-state index in [1.807, 2.05) is 13.8 Å². The van der Waals surface area contributed by atoms with E-state index >= 15 is 0 Å². The number of β-amino-alcohol motifs (C(OH)–C–C–N with tert-alkyl or cyclic N) is 1. The van der Waals surface area contributed by atoms with Gasteiger partial charge in [-0.15, -0.1) is 0 Å². The smallest absolute Gasteiger partial charge is 0.220 e. The molecule has 6 heteroatoms. The maximum Gasteiger partial charge on any atom is 0.220 e. The van der Waals surface area contributed by atoms with E-state index < -0.39 is 6.10 Å². The molecule has 0 spiro atoms. The summed E-state index contributed by atoms with van der Waals surface area (Å²) in [6.45, 7) is 9.26. The van der Waals surface area contributed by atoms with E-state index in [1.54, 1.807) is 0 Å². The van der Waals surface area contributed by atoms with Crippen molar-refractivity contribution in [1.82, 2.24) is 20.4 Å². The molecular weight excluding hydrogens is 292 g/mol. The van der Waals surface area contributed by atoms with Crippen molar-refractivity contribution < 1.29 is 9.90 Å². The van der Waals surface area contributed by atoms with Gasteiger partial charge in [0.1, 0.15) is 0 Å². The van der Waals surface area contributed by atoms with Gasteiger partial charge in [0, 0.05) is 25.2 Å². The molecule has 1 saturated heterocycles. The molecule has 0 radical (unpaired) electrons. The van der Waals surface area contributed by atoms with Crippen LogP contribution >= 0.6 is 0 Å². The van der Waals surface area contributed by atoms with Gasteiger partial charge in [-0.3, -0.25) is 9.89 Å². The van der Waals surface area contributed by atoms with Crippen molar-refractivity contribution in [2.24, 2.45) is 5.92 Å². The van der Waals surface area contributed by atoms with Crippen LogP contribution in [0.3, 0.4) is 0 Å². The Hall–Kier alpha value is -1.40. The highest BCUT2D eigenvalue weighted by molar-refractivity contribution is 5.76. The Kier molecular flexibility index (Phi) is 6.59. The van der Waals surface area contributed by atoms with Crippen LogP contribution in [0, 0.1) is 19.8 Å². The summed E-state index contributed by atoms with van der Waals surface area (Å²) in [5.41, 5.74) is 3.09. The van der Waals surface area contributed by atoms with Crippen molar-refractivity contribution in [3.63, 3.8) is 0 Å². The molecule has 2 rings (SSSR count). The molecular formula is C17H30N4O2. The third kappa shape index (κ3) is 5.62. The SMILES string of the molecule is Cc1n[nH]c(C)c1CCC(=O)NCC(O)CN1CCC(C)CC1. The first-order valence-corrected chi connectivity index (χ1v) is 8.63. The normalized spacial score (nSPS) is 18.1. The van der Waals surface area contributed by atoms with Crippen LogP contribution in [0.1, 0.15) is 43.1 Å². The molecule has 1 fully saturated rings. The number of aromatic nitrogens is 2. The Bertz CT molecular complexity index is 487. The van der Waals surface area contributed by atoms with E-state index in [-0.39, 0.29) is 5.91 Å². The number of nitrogens with zero attached hydrogens (tertiary/aromatic N) is 2. The average molecular weight is 322 g/mol. The predicted molar refractivity (Wildman–Crippen MR) is 90.2 cm³/mol. The summed E-state index contributed by atoms with van der Waals surface area (Å²) in [5, 5.41) is 20.0. The van der Waals surface area contributed by atoms with Crippen LogP contribution in [0.4, 0.5) is 0 Å². The minimum atomic E-state index is -0.496. The van der Waals surface area contributed by atoms with Gasteiger partial charge in [-0.05, 0) is 57.7 Å². The van der Waals surface area contributed by atoms with Crippen LogP contribution < -0.4 is 5.32 Å². The Morgan fingerprint density at radius 2 is 2.13 bits per heavy atom. The van der Waals surface area contributed by atoms with Gasteiger partial charge in [-0.1, -0.05) is 6.92 Å². The number of hydrogen-bond acceptors (Lipinski definition) is 4. The van der Waals surface area contributed by atoms with Crippen LogP contribution in [0.25, 0.3) is 0 Å². The Balaban J connectivity index is 1.64. The fraction of sp³-hybridized carbons (Fsp3) is 0.765. The van der Waals surface area contributed by atoms with Gasteiger partial charge in [0.05, 0.1) is 11.8 Å². The van der Waals surface area contributed by atoms with E-state index in [0.29, 0.717) is 25.9 Å². The van der Waals surface area contributed by atoms with Crippen LogP contribution in [0.2, 0.25) is 0 Å². The number of carbonyl (C=O) groups is 1. The minimum absolute atomic E-state index is 0.0173. The molecule has 1 aliphatic heterocycles. The largest absolute Gasteiger partial charge is 0.390 e. The monoisotopic (exact) mass is 322 g/mol. The van der Waals surface area contributed by atoms with E-state index in [9.17, 15) is 9.90 Å². The molecule has 0 aromatic carbocycles. The molecule has 0 saturated carbocycles. The van der Waals surface area contributed by atoms with Gasteiger partial charge < -0.3 is 15.3 Å². The Morgan fingerprint density at radius 3 is 2.74 bits per heavy atom. The number of rotatable bonds is 7. The number of hydrogen-bond donors (Lipinski definition) is 3. The fourth-order valence-electron chi connectivity index (χ4n) is 3.11. The van der Waals surface area contributed by atoms with Crippen molar-refractivity contribution in [3.8, 4) is 0 Å². The Labute approximate surface area is 138 Å². The summed E-state index contributed by atoms with van der Waals surface area (Å²) in [6, 6.07) is 0. The minimum Gasteiger partial charge on any atom is -0.390 e. The first-order valence-electron chi connectivity index (χ1n) is 8.63. The zero-order valence-electron chi connectivity index (χ0n) is 14.6. The lowest BCUT2D eigenvalue weighted by molar-refractivity contribution is -0.121. The quantitative estimate of drug-likeness (QED) is 0.704. The van der Waals surface area contributed by atoms with Gasteiger partial charge >= 0.3 is 0 Å². The highest BCUT2D eigenvalue weighted by Gasteiger charge is 2.18. The van der Waals surface area contributed by atoms with E-state index in [1.165, 1.54) is 12.8 Å². The lowest BCUT2D eigenvalue weighted by Crippen LogP contribution is -2.43. The van der Waals surface area contributed by atoms with Gasteiger partial charge in [-0.2, -0.15) is 5.10 Å². The first-order chi connectivity index (χ1) is 11.0.